The number of hydrogen-bond donors (Lipinski definition) is 1. The molecule has 2 aliphatic rings. The molecular formula is C17H24O5. The number of rotatable bonds is 3. The Bertz CT molecular complexity index is 513. The zero-order valence-electron chi connectivity index (χ0n) is 13.5. The van der Waals surface area contributed by atoms with Gasteiger partial charge in [0.15, 0.2) is 11.6 Å². The molecule has 2 aliphatic heterocycles. The molecule has 0 bridgehead atoms. The SMILES string of the molecule is CC1(C)O[C@H]([C@H](O)c2ccccc2)[C@@H]([C@H]2COC(C)(C)O2)O1. The summed E-state index contributed by atoms with van der Waals surface area (Å²) in [6.07, 6.45) is -1.92. The number of aliphatic hydroxyl groups excluding tert-OH is 1. The van der Waals surface area contributed by atoms with Crippen LogP contribution < -0.4 is 0 Å². The van der Waals surface area contributed by atoms with Crippen molar-refractivity contribution < 1.29 is 24.1 Å². The third kappa shape index (κ3) is 3.19. The van der Waals surface area contributed by atoms with E-state index >= 15 is 0 Å². The lowest BCUT2D eigenvalue weighted by molar-refractivity contribution is -0.175. The van der Waals surface area contributed by atoms with Gasteiger partial charge in [-0.15, -0.1) is 0 Å². The molecule has 0 aliphatic carbocycles. The van der Waals surface area contributed by atoms with E-state index in [1.54, 1.807) is 0 Å². The zero-order chi connectivity index (χ0) is 16.0. The number of hydrogen-bond acceptors (Lipinski definition) is 5. The molecule has 1 N–H and O–H groups in total. The van der Waals surface area contributed by atoms with E-state index in [0.29, 0.717) is 6.61 Å². The maximum Gasteiger partial charge on any atom is 0.164 e. The van der Waals surface area contributed by atoms with Crippen LogP contribution in [-0.4, -0.2) is 41.6 Å². The van der Waals surface area contributed by atoms with E-state index in [9.17, 15) is 5.11 Å². The maximum atomic E-state index is 10.7. The Morgan fingerprint density at radius 3 is 2.27 bits per heavy atom. The van der Waals surface area contributed by atoms with Crippen molar-refractivity contribution in [3.8, 4) is 0 Å². The number of benzene rings is 1. The van der Waals surface area contributed by atoms with E-state index in [-0.39, 0.29) is 12.2 Å². The molecule has 5 heteroatoms. The Morgan fingerprint density at radius 2 is 1.68 bits per heavy atom. The van der Waals surface area contributed by atoms with E-state index in [4.69, 9.17) is 18.9 Å². The first-order chi connectivity index (χ1) is 10.3. The van der Waals surface area contributed by atoms with Crippen molar-refractivity contribution in [1.29, 1.82) is 0 Å². The van der Waals surface area contributed by atoms with E-state index in [1.807, 2.05) is 58.0 Å². The summed E-state index contributed by atoms with van der Waals surface area (Å²) in [4.78, 5) is 0. The van der Waals surface area contributed by atoms with Crippen LogP contribution in [0.4, 0.5) is 0 Å². The van der Waals surface area contributed by atoms with Crippen molar-refractivity contribution >= 4 is 0 Å². The van der Waals surface area contributed by atoms with E-state index in [1.165, 1.54) is 0 Å². The highest BCUT2D eigenvalue weighted by atomic mass is 16.8. The fraction of sp³-hybridized carbons (Fsp3) is 0.647. The molecule has 0 aromatic heterocycles. The summed E-state index contributed by atoms with van der Waals surface area (Å²) in [5.41, 5.74) is 0.803. The molecule has 1 aromatic carbocycles. The van der Waals surface area contributed by atoms with Gasteiger partial charge in [0, 0.05) is 0 Å². The Morgan fingerprint density at radius 1 is 1.00 bits per heavy atom. The van der Waals surface area contributed by atoms with Gasteiger partial charge in [0.2, 0.25) is 0 Å². The minimum absolute atomic E-state index is 0.264. The molecule has 122 valence electrons. The van der Waals surface area contributed by atoms with Crippen molar-refractivity contribution in [2.24, 2.45) is 0 Å². The molecule has 0 radical (unpaired) electrons. The molecule has 0 saturated carbocycles. The van der Waals surface area contributed by atoms with Gasteiger partial charge in [0.05, 0.1) is 6.61 Å². The molecule has 5 nitrogen and oxygen atoms in total. The smallest absolute Gasteiger partial charge is 0.164 e. The summed E-state index contributed by atoms with van der Waals surface area (Å²) in [5, 5.41) is 10.7. The minimum atomic E-state index is -0.778. The van der Waals surface area contributed by atoms with Gasteiger partial charge in [-0.1, -0.05) is 30.3 Å². The summed E-state index contributed by atoms with van der Waals surface area (Å²) in [6.45, 7) is 7.86. The summed E-state index contributed by atoms with van der Waals surface area (Å²) in [6, 6.07) is 9.47. The van der Waals surface area contributed by atoms with Gasteiger partial charge in [0.1, 0.15) is 24.4 Å². The fourth-order valence-electron chi connectivity index (χ4n) is 3.07. The lowest BCUT2D eigenvalue weighted by Crippen LogP contribution is -2.41. The molecule has 22 heavy (non-hydrogen) atoms. The molecular weight excluding hydrogens is 284 g/mol. The second kappa shape index (κ2) is 5.58. The van der Waals surface area contributed by atoms with Gasteiger partial charge in [0.25, 0.3) is 0 Å². The Balaban J connectivity index is 1.81. The van der Waals surface area contributed by atoms with Crippen molar-refractivity contribution in [1.82, 2.24) is 0 Å². The van der Waals surface area contributed by atoms with Crippen LogP contribution in [0.25, 0.3) is 0 Å². The maximum absolute atomic E-state index is 10.7. The minimum Gasteiger partial charge on any atom is -0.386 e. The number of ether oxygens (including phenoxy) is 4. The van der Waals surface area contributed by atoms with Gasteiger partial charge >= 0.3 is 0 Å². The van der Waals surface area contributed by atoms with Crippen molar-refractivity contribution in [2.45, 2.75) is 63.7 Å². The molecule has 2 heterocycles. The quantitative estimate of drug-likeness (QED) is 0.929. The number of aliphatic hydroxyl groups is 1. The fourth-order valence-corrected chi connectivity index (χ4v) is 3.07. The summed E-state index contributed by atoms with van der Waals surface area (Å²) < 4.78 is 23.5. The normalized spacial score (nSPS) is 34.7. The Labute approximate surface area is 131 Å². The van der Waals surface area contributed by atoms with Gasteiger partial charge in [-0.2, -0.15) is 0 Å². The largest absolute Gasteiger partial charge is 0.386 e. The van der Waals surface area contributed by atoms with Gasteiger partial charge in [-0.05, 0) is 33.3 Å². The predicted octanol–water partition coefficient (Wildman–Crippen LogP) is 2.39. The average molecular weight is 308 g/mol. The summed E-state index contributed by atoms with van der Waals surface area (Å²) >= 11 is 0. The van der Waals surface area contributed by atoms with Crippen LogP contribution >= 0.6 is 0 Å². The van der Waals surface area contributed by atoms with E-state index in [2.05, 4.69) is 0 Å². The van der Waals surface area contributed by atoms with Gasteiger partial charge < -0.3 is 24.1 Å². The molecule has 2 fully saturated rings. The van der Waals surface area contributed by atoms with Crippen LogP contribution in [0, 0.1) is 0 Å². The molecule has 1 aromatic rings. The van der Waals surface area contributed by atoms with Gasteiger partial charge in [-0.25, -0.2) is 0 Å². The first-order valence-corrected chi connectivity index (χ1v) is 7.68. The van der Waals surface area contributed by atoms with Crippen LogP contribution in [-0.2, 0) is 18.9 Å². The summed E-state index contributed by atoms with van der Waals surface area (Å²) in [7, 11) is 0. The third-order valence-electron chi connectivity index (χ3n) is 4.01. The highest BCUT2D eigenvalue weighted by Gasteiger charge is 2.52. The van der Waals surface area contributed by atoms with Crippen LogP contribution in [0.1, 0.15) is 39.4 Å². The standard InChI is InChI=1S/C17H24O5/c1-16(2)19-10-12(20-16)14-15(22-17(3,4)21-14)13(18)11-8-6-5-7-9-11/h5-9,12-15,18H,10H2,1-4H3/t12-,13-,14-,15-/m1/s1. The molecule has 0 unspecified atom stereocenters. The molecule has 4 atom stereocenters. The van der Waals surface area contributed by atoms with Crippen LogP contribution in [0.2, 0.25) is 0 Å². The average Bonchev–Trinajstić information content (AvgIpc) is 2.98. The Hall–Kier alpha value is -0.980. The van der Waals surface area contributed by atoms with Crippen LogP contribution in [0.5, 0.6) is 0 Å². The van der Waals surface area contributed by atoms with Crippen molar-refractivity contribution in [2.75, 3.05) is 6.61 Å². The molecule has 0 amide bonds. The van der Waals surface area contributed by atoms with Gasteiger partial charge in [-0.3, -0.25) is 0 Å². The molecule has 2 saturated heterocycles. The lowest BCUT2D eigenvalue weighted by atomic mass is 9.97. The lowest BCUT2D eigenvalue weighted by Gasteiger charge is -2.26. The van der Waals surface area contributed by atoms with E-state index < -0.39 is 23.8 Å². The highest BCUT2D eigenvalue weighted by Crippen LogP contribution is 2.40. The zero-order valence-corrected chi connectivity index (χ0v) is 13.5. The third-order valence-corrected chi connectivity index (χ3v) is 4.01. The highest BCUT2D eigenvalue weighted by molar-refractivity contribution is 5.19. The van der Waals surface area contributed by atoms with Crippen LogP contribution in [0.3, 0.4) is 0 Å². The molecule has 0 spiro atoms. The van der Waals surface area contributed by atoms with E-state index in [0.717, 1.165) is 5.56 Å². The second-order valence-corrected chi connectivity index (χ2v) is 6.79. The molecule has 3 rings (SSSR count). The van der Waals surface area contributed by atoms with Crippen molar-refractivity contribution in [3.05, 3.63) is 35.9 Å². The Kier molecular flexibility index (Phi) is 4.03. The second-order valence-electron chi connectivity index (χ2n) is 6.79. The first kappa shape index (κ1) is 15.9. The summed E-state index contributed by atoms with van der Waals surface area (Å²) in [5.74, 6) is -1.40. The topological polar surface area (TPSA) is 57.2 Å². The predicted molar refractivity (Wildman–Crippen MR) is 80.1 cm³/mol. The van der Waals surface area contributed by atoms with Crippen molar-refractivity contribution in [3.63, 3.8) is 0 Å². The monoisotopic (exact) mass is 308 g/mol. The first-order valence-electron chi connectivity index (χ1n) is 7.68. The van der Waals surface area contributed by atoms with Crippen LogP contribution in [0.15, 0.2) is 30.3 Å².